The van der Waals surface area contributed by atoms with Crippen molar-refractivity contribution >= 4 is 39.1 Å². The summed E-state index contributed by atoms with van der Waals surface area (Å²) in [5.41, 5.74) is 2.14. The molecule has 0 aliphatic rings. The molecule has 0 saturated carbocycles. The van der Waals surface area contributed by atoms with Crippen LogP contribution < -0.4 is 10.0 Å². The maximum Gasteiger partial charge on any atom is 0.256 e. The summed E-state index contributed by atoms with van der Waals surface area (Å²) in [5, 5.41) is 6.57. The van der Waals surface area contributed by atoms with Gasteiger partial charge < -0.3 is 9.84 Å². The van der Waals surface area contributed by atoms with E-state index in [1.807, 2.05) is 12.1 Å². The predicted octanol–water partition coefficient (Wildman–Crippen LogP) is 3.60. The predicted molar refractivity (Wildman–Crippen MR) is 113 cm³/mol. The van der Waals surface area contributed by atoms with Gasteiger partial charge in [-0.15, -0.1) is 11.8 Å². The molecule has 2 aromatic carbocycles. The number of rotatable bonds is 7. The molecule has 152 valence electrons. The van der Waals surface area contributed by atoms with Crippen molar-refractivity contribution in [3.05, 3.63) is 65.3 Å². The Hall–Kier alpha value is -2.85. The van der Waals surface area contributed by atoms with E-state index in [1.165, 1.54) is 11.8 Å². The Morgan fingerprint density at radius 3 is 2.62 bits per heavy atom. The largest absolute Gasteiger partial charge is 0.338 e. The lowest BCUT2D eigenvalue weighted by Gasteiger charge is -2.12. The summed E-state index contributed by atoms with van der Waals surface area (Å²) in [5.74, 6) is 1.18. The maximum absolute atomic E-state index is 12.8. The summed E-state index contributed by atoms with van der Waals surface area (Å²) in [7, 11) is -3.42. The molecular weight excluding hydrogens is 412 g/mol. The number of thioether (sulfide) groups is 1. The lowest BCUT2D eigenvalue weighted by Crippen LogP contribution is -2.14. The molecule has 8 nitrogen and oxygen atoms in total. The van der Waals surface area contributed by atoms with E-state index in [-0.39, 0.29) is 5.91 Å². The molecule has 0 aliphatic heterocycles. The zero-order valence-electron chi connectivity index (χ0n) is 16.1. The minimum atomic E-state index is -3.42. The van der Waals surface area contributed by atoms with Gasteiger partial charge in [-0.1, -0.05) is 23.4 Å². The Morgan fingerprint density at radius 1 is 1.17 bits per heavy atom. The van der Waals surface area contributed by atoms with Gasteiger partial charge in [0.1, 0.15) is 0 Å². The van der Waals surface area contributed by atoms with Crippen LogP contribution in [0.2, 0.25) is 0 Å². The molecule has 0 radical (unpaired) electrons. The van der Waals surface area contributed by atoms with Gasteiger partial charge in [-0.25, -0.2) is 8.42 Å². The van der Waals surface area contributed by atoms with Crippen LogP contribution in [0.4, 0.5) is 11.4 Å². The summed E-state index contributed by atoms with van der Waals surface area (Å²) < 4.78 is 30.6. The van der Waals surface area contributed by atoms with E-state index in [2.05, 4.69) is 20.2 Å². The van der Waals surface area contributed by atoms with E-state index in [0.717, 1.165) is 16.7 Å². The maximum atomic E-state index is 12.8. The normalized spacial score (nSPS) is 11.3. The van der Waals surface area contributed by atoms with Gasteiger partial charge in [0.25, 0.3) is 5.91 Å². The highest BCUT2D eigenvalue weighted by molar-refractivity contribution is 7.98. The van der Waals surface area contributed by atoms with Crippen molar-refractivity contribution in [2.75, 3.05) is 16.3 Å². The van der Waals surface area contributed by atoms with Crippen LogP contribution in [0.1, 0.15) is 27.6 Å². The van der Waals surface area contributed by atoms with Gasteiger partial charge in [0.05, 0.1) is 23.3 Å². The fraction of sp³-hybridized carbons (Fsp3) is 0.211. The molecule has 3 aromatic rings. The van der Waals surface area contributed by atoms with E-state index in [1.54, 1.807) is 44.2 Å². The fourth-order valence-electron chi connectivity index (χ4n) is 2.53. The Kier molecular flexibility index (Phi) is 6.23. The first-order chi connectivity index (χ1) is 13.7. The highest BCUT2D eigenvalue weighted by Gasteiger charge is 2.14. The van der Waals surface area contributed by atoms with Gasteiger partial charge in [-0.3, -0.25) is 9.52 Å². The van der Waals surface area contributed by atoms with Crippen LogP contribution in [0, 0.1) is 13.8 Å². The van der Waals surface area contributed by atoms with Crippen molar-refractivity contribution in [1.82, 2.24) is 10.1 Å². The number of hydrogen-bond donors (Lipinski definition) is 2. The molecule has 0 fully saturated rings. The fourth-order valence-corrected chi connectivity index (χ4v) is 4.03. The summed E-state index contributed by atoms with van der Waals surface area (Å²) >= 11 is 1.42. The zero-order chi connectivity index (χ0) is 21.0. The quantitative estimate of drug-likeness (QED) is 0.548. The van der Waals surface area contributed by atoms with Crippen LogP contribution >= 0.6 is 11.8 Å². The Labute approximate surface area is 173 Å². The second-order valence-electron chi connectivity index (χ2n) is 6.38. The summed E-state index contributed by atoms with van der Waals surface area (Å²) in [6.07, 6.45) is 1.08. The second kappa shape index (κ2) is 8.66. The third-order valence-electron chi connectivity index (χ3n) is 3.84. The monoisotopic (exact) mass is 432 g/mol. The van der Waals surface area contributed by atoms with E-state index in [0.29, 0.717) is 34.4 Å². The van der Waals surface area contributed by atoms with Crippen molar-refractivity contribution in [1.29, 1.82) is 0 Å². The zero-order valence-corrected chi connectivity index (χ0v) is 17.7. The molecule has 0 atom stereocenters. The average molecular weight is 433 g/mol. The smallest absolute Gasteiger partial charge is 0.256 e. The van der Waals surface area contributed by atoms with Gasteiger partial charge in [-0.2, -0.15) is 4.98 Å². The van der Waals surface area contributed by atoms with Crippen LogP contribution in [0.25, 0.3) is 0 Å². The number of aryl methyl sites for hydroxylation is 2. The van der Waals surface area contributed by atoms with Crippen LogP contribution in [0.5, 0.6) is 0 Å². The number of nitrogens with one attached hydrogen (secondary N) is 2. The second-order valence-corrected chi connectivity index (χ2v) is 9.14. The first-order valence-electron chi connectivity index (χ1n) is 8.62. The molecule has 29 heavy (non-hydrogen) atoms. The number of anilines is 2. The molecule has 3 rings (SSSR count). The van der Waals surface area contributed by atoms with E-state index >= 15 is 0 Å². The van der Waals surface area contributed by atoms with E-state index < -0.39 is 10.0 Å². The number of amides is 1. The number of benzene rings is 2. The van der Waals surface area contributed by atoms with Gasteiger partial charge in [0.15, 0.2) is 5.82 Å². The molecule has 2 N–H and O–H groups in total. The minimum absolute atomic E-state index is 0.302. The molecule has 0 aliphatic carbocycles. The Balaban J connectivity index is 1.76. The van der Waals surface area contributed by atoms with Gasteiger partial charge in [0.2, 0.25) is 15.9 Å². The first-order valence-corrected chi connectivity index (χ1v) is 11.5. The van der Waals surface area contributed by atoms with Crippen molar-refractivity contribution in [3.63, 3.8) is 0 Å². The number of sulfonamides is 1. The summed E-state index contributed by atoms with van der Waals surface area (Å²) in [6.45, 7) is 3.53. The van der Waals surface area contributed by atoms with Crippen LogP contribution in [0.15, 0.2) is 51.9 Å². The van der Waals surface area contributed by atoms with Crippen molar-refractivity contribution in [3.8, 4) is 0 Å². The Bertz CT molecular complexity index is 1140. The Morgan fingerprint density at radius 2 is 1.93 bits per heavy atom. The number of aromatic nitrogens is 2. The van der Waals surface area contributed by atoms with E-state index in [4.69, 9.17) is 4.52 Å². The van der Waals surface area contributed by atoms with Crippen LogP contribution in [-0.2, 0) is 15.8 Å². The third kappa shape index (κ3) is 5.81. The number of nitrogens with zero attached hydrogens (tertiary/aromatic N) is 2. The molecule has 0 unspecified atom stereocenters. The minimum Gasteiger partial charge on any atom is -0.338 e. The van der Waals surface area contributed by atoms with Gasteiger partial charge in [-0.05, 0) is 43.7 Å². The van der Waals surface area contributed by atoms with Gasteiger partial charge in [0, 0.05) is 10.6 Å². The number of carbonyl (C=O) groups is 1. The summed E-state index contributed by atoms with van der Waals surface area (Å²) in [4.78, 5) is 17.7. The first kappa shape index (κ1) is 20.9. The van der Waals surface area contributed by atoms with Crippen LogP contribution in [0.3, 0.4) is 0 Å². The molecule has 1 heterocycles. The van der Waals surface area contributed by atoms with Crippen molar-refractivity contribution in [2.45, 2.75) is 24.5 Å². The SMILES string of the molecule is Cc1noc(CSc2ccccc2C(=O)Nc2ccc(C)c(NS(C)(=O)=O)c2)n1. The highest BCUT2D eigenvalue weighted by atomic mass is 32.2. The standard InChI is InChI=1S/C19H20N4O4S2/c1-12-8-9-14(10-16(12)23-29(3,25)26)21-19(24)15-6-4-5-7-17(15)28-11-18-20-13(2)22-27-18/h4-10,23H,11H2,1-3H3,(H,21,24). The van der Waals surface area contributed by atoms with Crippen LogP contribution in [-0.4, -0.2) is 30.7 Å². The third-order valence-corrected chi connectivity index (χ3v) is 5.49. The lowest BCUT2D eigenvalue weighted by molar-refractivity contribution is 0.102. The molecule has 0 spiro atoms. The lowest BCUT2D eigenvalue weighted by atomic mass is 10.1. The topological polar surface area (TPSA) is 114 Å². The highest BCUT2D eigenvalue weighted by Crippen LogP contribution is 2.27. The van der Waals surface area contributed by atoms with Gasteiger partial charge >= 0.3 is 0 Å². The summed E-state index contributed by atoms with van der Waals surface area (Å²) in [6, 6.07) is 12.2. The molecule has 1 amide bonds. The van der Waals surface area contributed by atoms with Crippen molar-refractivity contribution < 1.29 is 17.7 Å². The van der Waals surface area contributed by atoms with Crippen molar-refractivity contribution in [2.24, 2.45) is 0 Å². The molecular formula is C19H20N4O4S2. The van der Waals surface area contributed by atoms with E-state index in [9.17, 15) is 13.2 Å². The number of hydrogen-bond acceptors (Lipinski definition) is 7. The number of carbonyl (C=O) groups excluding carboxylic acids is 1. The molecule has 10 heteroatoms. The molecule has 0 saturated heterocycles. The molecule has 1 aromatic heterocycles. The average Bonchev–Trinajstić information content (AvgIpc) is 3.07. The molecule has 0 bridgehead atoms.